The van der Waals surface area contributed by atoms with Crippen molar-refractivity contribution in [3.8, 4) is 5.75 Å². The highest BCUT2D eigenvalue weighted by molar-refractivity contribution is 5.93. The summed E-state index contributed by atoms with van der Waals surface area (Å²) in [4.78, 5) is 15.0. The van der Waals surface area contributed by atoms with Crippen LogP contribution in [0.1, 0.15) is 21.5 Å². The minimum Gasteiger partial charge on any atom is -0.487 e. The zero-order valence-corrected chi connectivity index (χ0v) is 10.1. The van der Waals surface area contributed by atoms with Gasteiger partial charge in [0.1, 0.15) is 12.4 Å². The van der Waals surface area contributed by atoms with Crippen LogP contribution >= 0.6 is 0 Å². The normalized spacial score (nSPS) is 10.1. The third-order valence-electron chi connectivity index (χ3n) is 2.66. The summed E-state index contributed by atoms with van der Waals surface area (Å²) < 4.78 is 5.59. The molecule has 2 rings (SSSR count). The topological polar surface area (TPSA) is 65.2 Å². The Labute approximate surface area is 105 Å². The van der Waals surface area contributed by atoms with Crippen molar-refractivity contribution in [3.63, 3.8) is 0 Å². The van der Waals surface area contributed by atoms with Gasteiger partial charge in [-0.15, -0.1) is 0 Å². The largest absolute Gasteiger partial charge is 0.487 e. The van der Waals surface area contributed by atoms with Crippen molar-refractivity contribution < 1.29 is 9.53 Å². The Morgan fingerprint density at radius 1 is 1.39 bits per heavy atom. The molecule has 0 bridgehead atoms. The summed E-state index contributed by atoms with van der Waals surface area (Å²) in [6.45, 7) is 2.37. The summed E-state index contributed by atoms with van der Waals surface area (Å²) in [6, 6.07) is 8.99. The lowest BCUT2D eigenvalue weighted by atomic mass is 10.1. The van der Waals surface area contributed by atoms with Crippen LogP contribution < -0.4 is 10.5 Å². The molecule has 4 heteroatoms. The molecule has 0 aliphatic carbocycles. The first kappa shape index (κ1) is 12.1. The zero-order valence-electron chi connectivity index (χ0n) is 10.1. The molecule has 2 aromatic rings. The quantitative estimate of drug-likeness (QED) is 0.892. The molecular weight excluding hydrogens is 228 g/mol. The number of nitrogens with zero attached hydrogens (tertiary/aromatic N) is 1. The molecule has 0 aliphatic heterocycles. The Morgan fingerprint density at radius 2 is 2.22 bits per heavy atom. The van der Waals surface area contributed by atoms with E-state index in [0.717, 1.165) is 16.9 Å². The highest BCUT2D eigenvalue weighted by Crippen LogP contribution is 2.14. The molecule has 1 aromatic carbocycles. The summed E-state index contributed by atoms with van der Waals surface area (Å²) in [6.07, 6.45) is 3.35. The molecule has 1 aromatic heterocycles. The van der Waals surface area contributed by atoms with Crippen molar-refractivity contribution in [2.75, 3.05) is 0 Å². The number of carbonyl (C=O) groups excluding carboxylic acids is 1. The average Bonchev–Trinajstić information content (AvgIpc) is 2.38. The number of rotatable bonds is 4. The van der Waals surface area contributed by atoms with E-state index < -0.39 is 5.91 Å². The van der Waals surface area contributed by atoms with Gasteiger partial charge in [0, 0.05) is 11.8 Å². The van der Waals surface area contributed by atoms with Crippen LogP contribution in [-0.2, 0) is 6.61 Å². The third kappa shape index (κ3) is 2.85. The van der Waals surface area contributed by atoms with Crippen molar-refractivity contribution in [2.24, 2.45) is 5.73 Å². The molecular formula is C14H14N2O2. The molecule has 0 unspecified atom stereocenters. The highest BCUT2D eigenvalue weighted by atomic mass is 16.5. The van der Waals surface area contributed by atoms with Gasteiger partial charge in [-0.05, 0) is 42.3 Å². The first-order valence-corrected chi connectivity index (χ1v) is 5.59. The van der Waals surface area contributed by atoms with E-state index in [9.17, 15) is 4.79 Å². The standard InChI is InChI=1S/C14H14N2O2/c1-10-7-11(14(15)17)4-5-12(10)9-18-13-3-2-6-16-8-13/h2-8H,9H2,1H3,(H2,15,17). The summed E-state index contributed by atoms with van der Waals surface area (Å²) in [5.41, 5.74) is 7.73. The lowest BCUT2D eigenvalue weighted by Crippen LogP contribution is -2.11. The van der Waals surface area contributed by atoms with Crippen molar-refractivity contribution >= 4 is 5.91 Å². The van der Waals surface area contributed by atoms with Gasteiger partial charge < -0.3 is 10.5 Å². The van der Waals surface area contributed by atoms with Gasteiger partial charge in [0.05, 0.1) is 6.20 Å². The van der Waals surface area contributed by atoms with Gasteiger partial charge in [0.2, 0.25) is 5.91 Å². The first-order valence-electron chi connectivity index (χ1n) is 5.59. The lowest BCUT2D eigenvalue weighted by Gasteiger charge is -2.09. The molecule has 0 atom stereocenters. The molecule has 92 valence electrons. The van der Waals surface area contributed by atoms with E-state index in [0.29, 0.717) is 12.2 Å². The van der Waals surface area contributed by atoms with Crippen LogP contribution in [0, 0.1) is 6.92 Å². The highest BCUT2D eigenvalue weighted by Gasteiger charge is 2.04. The number of primary amides is 1. The number of hydrogen-bond donors (Lipinski definition) is 1. The van der Waals surface area contributed by atoms with Crippen molar-refractivity contribution in [1.82, 2.24) is 4.98 Å². The number of aromatic nitrogens is 1. The third-order valence-corrected chi connectivity index (χ3v) is 2.66. The monoisotopic (exact) mass is 242 g/mol. The summed E-state index contributed by atoms with van der Waals surface area (Å²) >= 11 is 0. The van der Waals surface area contributed by atoms with E-state index >= 15 is 0 Å². The van der Waals surface area contributed by atoms with Crippen LogP contribution in [0.4, 0.5) is 0 Å². The number of benzene rings is 1. The van der Waals surface area contributed by atoms with Gasteiger partial charge in [-0.25, -0.2) is 0 Å². The van der Waals surface area contributed by atoms with Gasteiger partial charge in [-0.3, -0.25) is 9.78 Å². The minimum atomic E-state index is -0.419. The number of pyridine rings is 1. The van der Waals surface area contributed by atoms with Gasteiger partial charge in [-0.2, -0.15) is 0 Å². The van der Waals surface area contributed by atoms with Crippen molar-refractivity contribution in [3.05, 3.63) is 59.4 Å². The maximum Gasteiger partial charge on any atom is 0.248 e. The van der Waals surface area contributed by atoms with Crippen LogP contribution in [0.3, 0.4) is 0 Å². The second-order valence-electron chi connectivity index (χ2n) is 3.98. The molecule has 0 saturated heterocycles. The van der Waals surface area contributed by atoms with E-state index in [1.165, 1.54) is 0 Å². The molecule has 4 nitrogen and oxygen atoms in total. The molecule has 18 heavy (non-hydrogen) atoms. The van der Waals surface area contributed by atoms with E-state index in [-0.39, 0.29) is 0 Å². The molecule has 0 aliphatic rings. The Bertz CT molecular complexity index is 553. The Balaban J connectivity index is 2.08. The van der Waals surface area contributed by atoms with E-state index in [1.54, 1.807) is 24.5 Å². The second kappa shape index (κ2) is 5.31. The predicted molar refractivity (Wildman–Crippen MR) is 68.3 cm³/mol. The maximum atomic E-state index is 11.0. The number of nitrogens with two attached hydrogens (primary N) is 1. The molecule has 0 fully saturated rings. The number of amides is 1. The fourth-order valence-electron chi connectivity index (χ4n) is 1.60. The number of ether oxygens (including phenoxy) is 1. The fraction of sp³-hybridized carbons (Fsp3) is 0.143. The predicted octanol–water partition coefficient (Wildman–Crippen LogP) is 2.07. The minimum absolute atomic E-state index is 0.419. The van der Waals surface area contributed by atoms with Crippen LogP contribution in [-0.4, -0.2) is 10.9 Å². The van der Waals surface area contributed by atoms with Gasteiger partial charge in [0.15, 0.2) is 0 Å². The molecule has 0 saturated carbocycles. The summed E-state index contributed by atoms with van der Waals surface area (Å²) in [5, 5.41) is 0. The van der Waals surface area contributed by atoms with E-state index in [2.05, 4.69) is 4.98 Å². The number of hydrogen-bond acceptors (Lipinski definition) is 3. The van der Waals surface area contributed by atoms with Crippen LogP contribution in [0.15, 0.2) is 42.7 Å². The molecule has 0 spiro atoms. The number of aryl methyl sites for hydroxylation is 1. The average molecular weight is 242 g/mol. The molecule has 2 N–H and O–H groups in total. The lowest BCUT2D eigenvalue weighted by molar-refractivity contribution is 0.1000. The van der Waals surface area contributed by atoms with Crippen LogP contribution in [0.5, 0.6) is 5.75 Å². The smallest absolute Gasteiger partial charge is 0.248 e. The fourth-order valence-corrected chi connectivity index (χ4v) is 1.60. The van der Waals surface area contributed by atoms with Crippen LogP contribution in [0.25, 0.3) is 0 Å². The van der Waals surface area contributed by atoms with Crippen molar-refractivity contribution in [2.45, 2.75) is 13.5 Å². The Hall–Kier alpha value is -2.36. The zero-order chi connectivity index (χ0) is 13.0. The van der Waals surface area contributed by atoms with Gasteiger partial charge in [-0.1, -0.05) is 6.07 Å². The maximum absolute atomic E-state index is 11.0. The SMILES string of the molecule is Cc1cc(C(N)=O)ccc1COc1cccnc1. The van der Waals surface area contributed by atoms with E-state index in [4.69, 9.17) is 10.5 Å². The molecule has 0 radical (unpaired) electrons. The van der Waals surface area contributed by atoms with Gasteiger partial charge >= 0.3 is 0 Å². The van der Waals surface area contributed by atoms with Gasteiger partial charge in [0.25, 0.3) is 0 Å². The second-order valence-corrected chi connectivity index (χ2v) is 3.98. The number of carbonyl (C=O) groups is 1. The van der Waals surface area contributed by atoms with Crippen LogP contribution in [0.2, 0.25) is 0 Å². The van der Waals surface area contributed by atoms with E-state index in [1.807, 2.05) is 25.1 Å². The molecule has 1 amide bonds. The van der Waals surface area contributed by atoms with Crippen molar-refractivity contribution in [1.29, 1.82) is 0 Å². The first-order chi connectivity index (χ1) is 8.66. The Morgan fingerprint density at radius 3 is 2.83 bits per heavy atom. The Kier molecular flexibility index (Phi) is 3.57. The molecule has 1 heterocycles. The summed E-state index contributed by atoms with van der Waals surface area (Å²) in [7, 11) is 0. The summed E-state index contributed by atoms with van der Waals surface area (Å²) in [5.74, 6) is 0.300.